The van der Waals surface area contributed by atoms with Gasteiger partial charge in [0.1, 0.15) is 12.7 Å². The first-order chi connectivity index (χ1) is 29.8. The molecule has 14 nitrogen and oxygen atoms in total. The second kappa shape index (κ2) is 38.1. The molecule has 1 heterocycles. The lowest BCUT2D eigenvalue weighted by Gasteiger charge is -2.20. The van der Waals surface area contributed by atoms with E-state index in [0.29, 0.717) is 25.4 Å². The molecule has 3 unspecified atom stereocenters. The highest BCUT2D eigenvalue weighted by atomic mass is 31.2. The summed E-state index contributed by atoms with van der Waals surface area (Å²) in [7, 11) is -9.71. The zero-order chi connectivity index (χ0) is 45.6. The molecule has 16 heteroatoms. The van der Waals surface area contributed by atoms with E-state index in [9.17, 15) is 28.7 Å². The zero-order valence-corrected chi connectivity index (χ0v) is 39.4. The van der Waals surface area contributed by atoms with Crippen LogP contribution in [0.25, 0.3) is 0 Å². The lowest BCUT2D eigenvalue weighted by atomic mass is 10.1. The first-order valence-corrected chi connectivity index (χ1v) is 26.1. The van der Waals surface area contributed by atoms with E-state index in [4.69, 9.17) is 28.5 Å². The maximum Gasteiger partial charge on any atom is 0.472 e. The summed E-state index contributed by atoms with van der Waals surface area (Å²) in [5.41, 5.74) is 0. The van der Waals surface area contributed by atoms with Crippen LogP contribution < -0.4 is 0 Å². The van der Waals surface area contributed by atoms with Gasteiger partial charge >= 0.3 is 27.6 Å². The van der Waals surface area contributed by atoms with Crippen LogP contribution in [0, 0.1) is 0 Å². The Morgan fingerprint density at radius 2 is 1.00 bits per heavy atom. The van der Waals surface area contributed by atoms with Crippen molar-refractivity contribution in [2.45, 2.75) is 192 Å². The Balaban J connectivity index is 2.39. The van der Waals surface area contributed by atoms with Crippen LogP contribution in [-0.2, 0) is 46.5 Å². The fourth-order valence-electron chi connectivity index (χ4n) is 6.12. The number of hydrogen-bond acceptors (Lipinski definition) is 11. The third-order valence-corrected chi connectivity index (χ3v) is 11.2. The fraction of sp³-hybridized carbons (Fsp3) is 0.739. The topological polar surface area (TPSA) is 208 Å². The Kier molecular flexibility index (Phi) is 35.5. The number of aliphatic hydroxyl groups excluding tert-OH is 1. The second-order valence-corrected chi connectivity index (χ2v) is 18.4. The Bertz CT molecular complexity index is 1390. The van der Waals surface area contributed by atoms with Gasteiger partial charge in [-0.1, -0.05) is 132 Å². The van der Waals surface area contributed by atoms with Gasteiger partial charge in [-0.2, -0.15) is 0 Å². The van der Waals surface area contributed by atoms with E-state index in [-0.39, 0.29) is 18.9 Å². The van der Waals surface area contributed by atoms with Crippen molar-refractivity contribution < 1.29 is 66.3 Å². The largest absolute Gasteiger partial charge is 0.472 e. The van der Waals surface area contributed by atoms with Crippen LogP contribution in [0.1, 0.15) is 168 Å². The summed E-state index contributed by atoms with van der Waals surface area (Å²) in [6, 6.07) is 0. The van der Waals surface area contributed by atoms with Crippen LogP contribution in [0.3, 0.4) is 0 Å². The minimum absolute atomic E-state index is 0.0463. The predicted octanol–water partition coefficient (Wildman–Crippen LogP) is 11.0. The highest BCUT2D eigenvalue weighted by molar-refractivity contribution is 7.47. The van der Waals surface area contributed by atoms with Gasteiger partial charge < -0.3 is 34.0 Å². The average molecular weight is 919 g/mol. The molecule has 4 N–H and O–H groups in total. The fourth-order valence-corrected chi connectivity index (χ4v) is 7.27. The van der Waals surface area contributed by atoms with Crippen LogP contribution in [0.4, 0.5) is 0 Å². The van der Waals surface area contributed by atoms with E-state index in [2.05, 4.69) is 71.5 Å². The molecule has 0 aromatic carbocycles. The van der Waals surface area contributed by atoms with E-state index >= 15 is 0 Å². The molecular weight excluding hydrogens is 838 g/mol. The molecule has 1 saturated heterocycles. The van der Waals surface area contributed by atoms with E-state index in [0.717, 1.165) is 70.6 Å². The lowest BCUT2D eigenvalue weighted by Crippen LogP contribution is -2.29. The number of carbonyl (C=O) groups is 2. The Hall–Kier alpha value is -2.22. The molecule has 1 aliphatic heterocycles. The average Bonchev–Trinajstić information content (AvgIpc) is 3.99. The van der Waals surface area contributed by atoms with Crippen molar-refractivity contribution in [1.29, 1.82) is 0 Å². The molecule has 1 aliphatic rings. The van der Waals surface area contributed by atoms with E-state index in [1.165, 1.54) is 51.4 Å². The Morgan fingerprint density at radius 1 is 0.548 bits per heavy atom. The first kappa shape index (κ1) is 57.8. The number of carbonyl (C=O) groups excluding carboxylic acids is 2. The number of phosphoric ester groups is 2. The highest BCUT2D eigenvalue weighted by Crippen LogP contribution is 2.44. The van der Waals surface area contributed by atoms with E-state index < -0.39 is 66.2 Å². The monoisotopic (exact) mass is 919 g/mol. The second-order valence-electron chi connectivity index (χ2n) is 15.7. The van der Waals surface area contributed by atoms with E-state index in [1.807, 2.05) is 12.2 Å². The molecule has 1 rings (SSSR count). The Morgan fingerprint density at radius 3 is 1.58 bits per heavy atom. The number of esters is 2. The molecule has 358 valence electrons. The number of allylic oxidation sites excluding steroid dienone is 8. The molecular formula is C46H80O14P2. The number of hydrogen-bond donors (Lipinski definition) is 4. The van der Waals surface area contributed by atoms with Crippen molar-refractivity contribution in [1.82, 2.24) is 0 Å². The standard InChI is InChI=1S/C46H80O14P2/c1-3-5-7-9-11-12-13-14-15-16-17-18-19-20-23-27-31-35-45(48)55-39-42(40-58-62(53,54)57-38-41(47)37-56-61(50,51)52)59-46(49)36-32-28-24-21-22-26-30-34-44-43(60-44)33-29-25-10-8-6-4-2/h11-12,14-15,21,24-26,29-30,41-44,47H,3-10,13,16-20,22-23,27-28,31-40H2,1-2H3,(H,53,54)(H2,50,51,52)/b12-11-,15-14-,24-21-,29-25-,30-26-/t41-,42+,43?,44?/m0/s1. The molecule has 0 aliphatic carbocycles. The molecule has 62 heavy (non-hydrogen) atoms. The molecule has 0 radical (unpaired) electrons. The van der Waals surface area contributed by atoms with Crippen molar-refractivity contribution in [3.8, 4) is 0 Å². The van der Waals surface area contributed by atoms with Gasteiger partial charge in [-0.15, -0.1) is 0 Å². The number of rotatable bonds is 42. The van der Waals surface area contributed by atoms with Gasteiger partial charge in [-0.05, 0) is 83.5 Å². The van der Waals surface area contributed by atoms with Crippen molar-refractivity contribution in [2.24, 2.45) is 0 Å². The van der Waals surface area contributed by atoms with Crippen LogP contribution in [0.5, 0.6) is 0 Å². The molecule has 1 fully saturated rings. The van der Waals surface area contributed by atoms with Crippen molar-refractivity contribution >= 4 is 27.6 Å². The minimum Gasteiger partial charge on any atom is -0.462 e. The molecule has 0 spiro atoms. The van der Waals surface area contributed by atoms with E-state index in [1.54, 1.807) is 0 Å². The number of ether oxygens (including phenoxy) is 3. The normalized spacial score (nSPS) is 17.8. The van der Waals surface area contributed by atoms with Crippen molar-refractivity contribution in [2.75, 3.05) is 26.4 Å². The molecule has 0 bridgehead atoms. The van der Waals surface area contributed by atoms with Gasteiger partial charge in [0.15, 0.2) is 6.10 Å². The quantitative estimate of drug-likeness (QED) is 0.0148. The van der Waals surface area contributed by atoms with Gasteiger partial charge in [0.25, 0.3) is 0 Å². The van der Waals surface area contributed by atoms with Gasteiger partial charge in [-0.3, -0.25) is 23.2 Å². The first-order valence-electron chi connectivity index (χ1n) is 23.1. The zero-order valence-electron chi connectivity index (χ0n) is 37.6. The molecule has 0 amide bonds. The third kappa shape index (κ3) is 38.3. The smallest absolute Gasteiger partial charge is 0.462 e. The summed E-state index contributed by atoms with van der Waals surface area (Å²) in [4.78, 5) is 52.8. The summed E-state index contributed by atoms with van der Waals surface area (Å²) in [5.74, 6) is -1.11. The summed E-state index contributed by atoms with van der Waals surface area (Å²) in [6.07, 6.45) is 42.4. The lowest BCUT2D eigenvalue weighted by molar-refractivity contribution is -0.161. The number of epoxide rings is 1. The van der Waals surface area contributed by atoms with Gasteiger partial charge in [-0.25, -0.2) is 9.13 Å². The van der Waals surface area contributed by atoms with Crippen molar-refractivity contribution in [3.05, 3.63) is 60.8 Å². The van der Waals surface area contributed by atoms with Crippen molar-refractivity contribution in [3.63, 3.8) is 0 Å². The van der Waals surface area contributed by atoms with Gasteiger partial charge in [0.05, 0.1) is 32.0 Å². The summed E-state index contributed by atoms with van der Waals surface area (Å²) >= 11 is 0. The van der Waals surface area contributed by atoms with Gasteiger partial charge in [0, 0.05) is 12.8 Å². The van der Waals surface area contributed by atoms with Crippen LogP contribution in [0.2, 0.25) is 0 Å². The SMILES string of the molecule is CCCCC/C=C\C/C=C\CCCCCCCCCC(=O)OC[C@H](COP(=O)(O)OC[C@@H](O)COP(=O)(O)O)OC(=O)CCC/C=C\C/C=C\CC1OC1C/C=C\CCCCC. The van der Waals surface area contributed by atoms with Crippen LogP contribution in [0.15, 0.2) is 60.8 Å². The number of unbranched alkanes of at least 4 members (excludes halogenated alkanes) is 14. The number of phosphoric acid groups is 2. The molecule has 0 aromatic rings. The predicted molar refractivity (Wildman–Crippen MR) is 243 cm³/mol. The Labute approximate surface area is 372 Å². The minimum atomic E-state index is -4.87. The maximum atomic E-state index is 12.7. The summed E-state index contributed by atoms with van der Waals surface area (Å²) in [6.45, 7) is 1.63. The molecule has 0 aromatic heterocycles. The molecule has 0 saturated carbocycles. The van der Waals surface area contributed by atoms with Gasteiger partial charge in [0.2, 0.25) is 0 Å². The van der Waals surface area contributed by atoms with Crippen LogP contribution >= 0.6 is 15.6 Å². The third-order valence-electron chi connectivity index (χ3n) is 9.77. The summed E-state index contributed by atoms with van der Waals surface area (Å²) in [5, 5.41) is 9.76. The maximum absolute atomic E-state index is 12.7. The summed E-state index contributed by atoms with van der Waals surface area (Å²) < 4.78 is 53.5. The molecule has 5 atom stereocenters. The van der Waals surface area contributed by atoms with Crippen LogP contribution in [-0.4, -0.2) is 82.6 Å². The number of aliphatic hydroxyl groups is 1. The highest BCUT2D eigenvalue weighted by Gasteiger charge is 2.36.